The first kappa shape index (κ1) is 33.7. The van der Waals surface area contributed by atoms with Crippen molar-refractivity contribution in [2.45, 2.75) is 134 Å². The van der Waals surface area contributed by atoms with E-state index < -0.39 is 71.4 Å². The van der Waals surface area contributed by atoms with E-state index in [1.54, 1.807) is 0 Å². The van der Waals surface area contributed by atoms with Crippen LogP contribution in [0.3, 0.4) is 0 Å². The number of hydrogen-bond acceptors (Lipinski definition) is 10. The Bertz CT molecular complexity index is 1010. The molecule has 4 aliphatic carbocycles. The molecule has 0 amide bonds. The summed E-state index contributed by atoms with van der Waals surface area (Å²) in [5.41, 5.74) is -1.53. The van der Waals surface area contributed by atoms with Crippen molar-refractivity contribution < 1.29 is 50.0 Å². The summed E-state index contributed by atoms with van der Waals surface area (Å²) in [6, 6.07) is 0. The third kappa shape index (κ3) is 5.55. The van der Waals surface area contributed by atoms with Crippen molar-refractivity contribution >= 4 is 0 Å². The SMILES string of the molecule is CO[C@H]1[C@H](O[C@@H]2C=C3[C@H](O)C[C@]4(O)C(CC[C@@]5(C)C4[C@@H](O)[C@H](O)[C@@H]5[C@H](C)CCC[C@H](C)CO)[C@@]3(C)CC2)OC[C@@H](O)[C@@H]1O. The summed E-state index contributed by atoms with van der Waals surface area (Å²) in [7, 11) is 1.43. The lowest BCUT2D eigenvalue weighted by Crippen LogP contribution is -2.66. The predicted molar refractivity (Wildman–Crippen MR) is 158 cm³/mol. The van der Waals surface area contributed by atoms with Gasteiger partial charge in [-0.05, 0) is 72.2 Å². The van der Waals surface area contributed by atoms with Crippen LogP contribution in [-0.4, -0.2) is 111 Å². The van der Waals surface area contributed by atoms with E-state index in [0.29, 0.717) is 12.8 Å². The Kier molecular flexibility index (Phi) is 9.80. The molecule has 5 rings (SSSR count). The number of ether oxygens (including phenoxy) is 3. The zero-order valence-electron chi connectivity index (χ0n) is 26.5. The number of hydrogen-bond donors (Lipinski definition) is 7. The highest BCUT2D eigenvalue weighted by Crippen LogP contribution is 2.69. The van der Waals surface area contributed by atoms with Crippen LogP contribution < -0.4 is 0 Å². The fraction of sp³-hybridized carbons (Fsp3) is 0.939. The molecule has 0 aromatic rings. The summed E-state index contributed by atoms with van der Waals surface area (Å²) in [6.45, 7) is 8.48. The zero-order valence-corrected chi connectivity index (χ0v) is 26.5. The van der Waals surface area contributed by atoms with E-state index in [1.807, 2.05) is 13.0 Å². The molecule has 1 saturated heterocycles. The Labute approximate surface area is 256 Å². The van der Waals surface area contributed by atoms with E-state index in [4.69, 9.17) is 14.2 Å². The van der Waals surface area contributed by atoms with Gasteiger partial charge in [-0.2, -0.15) is 0 Å². The van der Waals surface area contributed by atoms with Crippen LogP contribution in [0.25, 0.3) is 0 Å². The fourth-order valence-corrected chi connectivity index (χ4v) is 10.5. The molecule has 10 nitrogen and oxygen atoms in total. The molecule has 1 heterocycles. The van der Waals surface area contributed by atoms with Crippen molar-refractivity contribution in [2.24, 2.45) is 40.4 Å². The molecule has 2 unspecified atom stereocenters. The van der Waals surface area contributed by atoms with Gasteiger partial charge < -0.3 is 50.0 Å². The molecule has 0 aromatic heterocycles. The van der Waals surface area contributed by atoms with Crippen LogP contribution in [0.4, 0.5) is 0 Å². The Morgan fingerprint density at radius 3 is 2.40 bits per heavy atom. The second kappa shape index (κ2) is 12.5. The van der Waals surface area contributed by atoms with Crippen molar-refractivity contribution in [3.63, 3.8) is 0 Å². The highest BCUT2D eigenvalue weighted by atomic mass is 16.7. The lowest BCUT2D eigenvalue weighted by molar-refractivity contribution is -0.285. The van der Waals surface area contributed by atoms with Gasteiger partial charge in [0.1, 0.15) is 18.3 Å². The summed E-state index contributed by atoms with van der Waals surface area (Å²) in [5, 5.41) is 77.0. The van der Waals surface area contributed by atoms with Crippen molar-refractivity contribution in [1.29, 1.82) is 0 Å². The quantitative estimate of drug-likeness (QED) is 0.190. The lowest BCUT2D eigenvalue weighted by atomic mass is 9.43. The fourth-order valence-electron chi connectivity index (χ4n) is 10.5. The van der Waals surface area contributed by atoms with Crippen LogP contribution in [0.2, 0.25) is 0 Å². The molecule has 5 aliphatic rings. The molecule has 4 fully saturated rings. The molecule has 16 atom stereocenters. The molecular weight excluding hydrogens is 556 g/mol. The second-order valence-corrected chi connectivity index (χ2v) is 15.2. The van der Waals surface area contributed by atoms with Crippen molar-refractivity contribution in [3.05, 3.63) is 11.6 Å². The third-order valence-electron chi connectivity index (χ3n) is 12.6. The zero-order chi connectivity index (χ0) is 31.5. The van der Waals surface area contributed by atoms with E-state index in [-0.39, 0.29) is 43.3 Å². The Balaban J connectivity index is 1.36. The number of aliphatic hydroxyl groups is 7. The van der Waals surface area contributed by atoms with Gasteiger partial charge in [0.2, 0.25) is 0 Å². The number of fused-ring (bicyclic) bond motifs is 5. The molecule has 0 aromatic carbocycles. The van der Waals surface area contributed by atoms with Crippen LogP contribution in [0.5, 0.6) is 0 Å². The van der Waals surface area contributed by atoms with E-state index >= 15 is 0 Å². The van der Waals surface area contributed by atoms with Gasteiger partial charge in [0.05, 0.1) is 36.6 Å². The minimum atomic E-state index is -1.35. The van der Waals surface area contributed by atoms with Gasteiger partial charge in [-0.25, -0.2) is 0 Å². The van der Waals surface area contributed by atoms with Crippen LogP contribution in [0.15, 0.2) is 11.6 Å². The summed E-state index contributed by atoms with van der Waals surface area (Å²) < 4.78 is 17.2. The Morgan fingerprint density at radius 1 is 1.00 bits per heavy atom. The molecule has 1 aliphatic heterocycles. The van der Waals surface area contributed by atoms with Gasteiger partial charge in [-0.1, -0.05) is 46.6 Å². The Morgan fingerprint density at radius 2 is 1.72 bits per heavy atom. The van der Waals surface area contributed by atoms with Gasteiger partial charge in [-0.15, -0.1) is 0 Å². The minimum absolute atomic E-state index is 0.0693. The predicted octanol–water partition coefficient (Wildman–Crippen LogP) is 1.51. The molecule has 248 valence electrons. The molecule has 0 radical (unpaired) electrons. The van der Waals surface area contributed by atoms with E-state index in [1.165, 1.54) is 7.11 Å². The van der Waals surface area contributed by atoms with Crippen LogP contribution in [0.1, 0.15) is 79.1 Å². The van der Waals surface area contributed by atoms with Gasteiger partial charge in [-0.3, -0.25) is 0 Å². The maximum atomic E-state index is 12.6. The summed E-state index contributed by atoms with van der Waals surface area (Å²) in [5.74, 6) is -0.578. The highest BCUT2D eigenvalue weighted by Gasteiger charge is 2.72. The largest absolute Gasteiger partial charge is 0.396 e. The number of rotatable bonds is 9. The van der Waals surface area contributed by atoms with Gasteiger partial charge >= 0.3 is 0 Å². The molecular formula is C33H56O10. The monoisotopic (exact) mass is 612 g/mol. The Hall–Kier alpha value is -0.660. The number of methoxy groups -OCH3 is 1. The van der Waals surface area contributed by atoms with E-state index in [0.717, 1.165) is 37.7 Å². The van der Waals surface area contributed by atoms with E-state index in [9.17, 15) is 35.7 Å². The van der Waals surface area contributed by atoms with Crippen LogP contribution in [0, 0.1) is 40.4 Å². The topological polar surface area (TPSA) is 169 Å². The molecule has 7 N–H and O–H groups in total. The van der Waals surface area contributed by atoms with Crippen LogP contribution >= 0.6 is 0 Å². The highest BCUT2D eigenvalue weighted by molar-refractivity contribution is 5.33. The molecule has 3 saturated carbocycles. The van der Waals surface area contributed by atoms with Crippen molar-refractivity contribution in [2.75, 3.05) is 20.3 Å². The van der Waals surface area contributed by atoms with Crippen molar-refractivity contribution in [3.8, 4) is 0 Å². The maximum Gasteiger partial charge on any atom is 0.187 e. The standard InChI is InChI=1S/C33H56O10/c1-17(15-34)7-6-8-18(2)24-26(38)27(39)29-32(24,4)12-10-23-31(3)11-9-19(13-20(31)21(35)14-33(23,29)40)43-30-28(41-5)25(37)22(36)16-42-30/h13,17-19,21-30,34-40H,6-12,14-16H2,1-5H3/t17-,18+,19-,21+,22+,23?,24-,25-,26+,27-,28+,29?,30-,31-,32+,33-/m0/s1. The van der Waals surface area contributed by atoms with Gasteiger partial charge in [0.25, 0.3) is 0 Å². The first-order valence-corrected chi connectivity index (χ1v) is 16.5. The van der Waals surface area contributed by atoms with Crippen molar-refractivity contribution in [1.82, 2.24) is 0 Å². The molecule has 0 bridgehead atoms. The first-order valence-electron chi connectivity index (χ1n) is 16.5. The van der Waals surface area contributed by atoms with Gasteiger partial charge in [0, 0.05) is 26.1 Å². The normalized spacial score (nSPS) is 51.2. The average molecular weight is 613 g/mol. The minimum Gasteiger partial charge on any atom is -0.396 e. The summed E-state index contributed by atoms with van der Waals surface area (Å²) >= 11 is 0. The lowest BCUT2D eigenvalue weighted by Gasteiger charge is -2.64. The van der Waals surface area contributed by atoms with E-state index in [2.05, 4.69) is 20.8 Å². The van der Waals surface area contributed by atoms with Crippen LogP contribution in [-0.2, 0) is 14.2 Å². The maximum absolute atomic E-state index is 12.6. The first-order chi connectivity index (χ1) is 20.2. The second-order valence-electron chi connectivity index (χ2n) is 15.2. The third-order valence-corrected chi connectivity index (χ3v) is 12.6. The summed E-state index contributed by atoms with van der Waals surface area (Å²) in [4.78, 5) is 0. The smallest absolute Gasteiger partial charge is 0.187 e. The molecule has 0 spiro atoms. The molecule has 10 heteroatoms. The summed E-state index contributed by atoms with van der Waals surface area (Å²) in [6.07, 6.45) is 0.172. The van der Waals surface area contributed by atoms with Gasteiger partial charge in [0.15, 0.2) is 6.29 Å². The average Bonchev–Trinajstić information content (AvgIpc) is 3.16. The molecule has 43 heavy (non-hydrogen) atoms. The number of aliphatic hydroxyl groups excluding tert-OH is 6.